The summed E-state index contributed by atoms with van der Waals surface area (Å²) >= 11 is 5.82. The Bertz CT molecular complexity index is 299. The zero-order valence-corrected chi connectivity index (χ0v) is 7.51. The van der Waals surface area contributed by atoms with Crippen molar-refractivity contribution in [3.8, 4) is 0 Å². The van der Waals surface area contributed by atoms with Gasteiger partial charge < -0.3 is 5.73 Å². The molecule has 0 bridgehead atoms. The maximum absolute atomic E-state index is 5.92. The van der Waals surface area contributed by atoms with Crippen molar-refractivity contribution in [3.63, 3.8) is 0 Å². The van der Waals surface area contributed by atoms with Crippen LogP contribution in [0.1, 0.15) is 30.1 Å². The second-order valence-electron chi connectivity index (χ2n) is 3.19. The SMILES string of the molecule is NC1CCCc2ncc(Cl)cc21. The van der Waals surface area contributed by atoms with E-state index in [2.05, 4.69) is 4.98 Å². The zero-order valence-electron chi connectivity index (χ0n) is 6.76. The third-order valence-electron chi connectivity index (χ3n) is 2.30. The van der Waals surface area contributed by atoms with E-state index in [-0.39, 0.29) is 6.04 Å². The van der Waals surface area contributed by atoms with Crippen molar-refractivity contribution in [1.29, 1.82) is 0 Å². The second kappa shape index (κ2) is 3.04. The number of hydrogen-bond donors (Lipinski definition) is 1. The normalized spacial score (nSPS) is 22.0. The van der Waals surface area contributed by atoms with Crippen molar-refractivity contribution >= 4 is 11.6 Å². The van der Waals surface area contributed by atoms with Gasteiger partial charge in [0.1, 0.15) is 0 Å². The van der Waals surface area contributed by atoms with E-state index in [1.807, 2.05) is 6.07 Å². The van der Waals surface area contributed by atoms with Crippen molar-refractivity contribution in [3.05, 3.63) is 28.5 Å². The molecule has 0 aromatic carbocycles. The Morgan fingerprint density at radius 3 is 3.25 bits per heavy atom. The zero-order chi connectivity index (χ0) is 8.55. The number of nitrogens with zero attached hydrogens (tertiary/aromatic N) is 1. The molecule has 1 aromatic rings. The molecular formula is C9H11ClN2. The summed E-state index contributed by atoms with van der Waals surface area (Å²) in [6.45, 7) is 0. The Morgan fingerprint density at radius 1 is 1.58 bits per heavy atom. The van der Waals surface area contributed by atoms with Gasteiger partial charge in [-0.05, 0) is 30.9 Å². The lowest BCUT2D eigenvalue weighted by Gasteiger charge is -2.20. The van der Waals surface area contributed by atoms with E-state index >= 15 is 0 Å². The number of hydrogen-bond acceptors (Lipinski definition) is 2. The van der Waals surface area contributed by atoms with Crippen LogP contribution in [0.15, 0.2) is 12.3 Å². The molecule has 2 nitrogen and oxygen atoms in total. The molecule has 0 saturated heterocycles. The largest absolute Gasteiger partial charge is 0.324 e. The summed E-state index contributed by atoms with van der Waals surface area (Å²) in [6.07, 6.45) is 4.93. The van der Waals surface area contributed by atoms with Crippen molar-refractivity contribution in [1.82, 2.24) is 4.98 Å². The molecule has 64 valence electrons. The number of nitrogens with two attached hydrogens (primary N) is 1. The highest BCUT2D eigenvalue weighted by Gasteiger charge is 2.17. The molecule has 1 heterocycles. The molecule has 2 N–H and O–H groups in total. The van der Waals surface area contributed by atoms with E-state index in [1.165, 1.54) is 0 Å². The van der Waals surface area contributed by atoms with Gasteiger partial charge in [-0.3, -0.25) is 4.98 Å². The maximum atomic E-state index is 5.92. The molecule has 2 rings (SSSR count). The minimum absolute atomic E-state index is 0.139. The average Bonchev–Trinajstić information content (AvgIpc) is 2.07. The number of pyridine rings is 1. The number of fused-ring (bicyclic) bond motifs is 1. The Kier molecular flexibility index (Phi) is 2.03. The summed E-state index contributed by atoms with van der Waals surface area (Å²) in [5.74, 6) is 0. The fourth-order valence-electron chi connectivity index (χ4n) is 1.66. The van der Waals surface area contributed by atoms with E-state index in [0.717, 1.165) is 30.5 Å². The van der Waals surface area contributed by atoms with Crippen LogP contribution in [0.25, 0.3) is 0 Å². The summed E-state index contributed by atoms with van der Waals surface area (Å²) in [5, 5.41) is 0.686. The second-order valence-corrected chi connectivity index (χ2v) is 3.62. The van der Waals surface area contributed by atoms with Gasteiger partial charge in [0.05, 0.1) is 5.02 Å². The van der Waals surface area contributed by atoms with Crippen molar-refractivity contribution in [2.45, 2.75) is 25.3 Å². The van der Waals surface area contributed by atoms with Gasteiger partial charge >= 0.3 is 0 Å². The molecule has 3 heteroatoms. The summed E-state index contributed by atoms with van der Waals surface area (Å²) in [4.78, 5) is 4.26. The monoisotopic (exact) mass is 182 g/mol. The van der Waals surface area contributed by atoms with E-state index in [9.17, 15) is 0 Å². The van der Waals surface area contributed by atoms with Gasteiger partial charge in [0, 0.05) is 17.9 Å². The van der Waals surface area contributed by atoms with Crippen LogP contribution in [-0.4, -0.2) is 4.98 Å². The highest BCUT2D eigenvalue weighted by atomic mass is 35.5. The summed E-state index contributed by atoms with van der Waals surface area (Å²) in [5.41, 5.74) is 8.17. The van der Waals surface area contributed by atoms with Crippen LogP contribution in [-0.2, 0) is 6.42 Å². The average molecular weight is 183 g/mol. The highest BCUT2D eigenvalue weighted by Crippen LogP contribution is 2.27. The lowest BCUT2D eigenvalue weighted by Crippen LogP contribution is -2.18. The van der Waals surface area contributed by atoms with Gasteiger partial charge in [-0.15, -0.1) is 0 Å². The summed E-state index contributed by atoms with van der Waals surface area (Å²) in [6, 6.07) is 2.08. The summed E-state index contributed by atoms with van der Waals surface area (Å²) < 4.78 is 0. The van der Waals surface area contributed by atoms with E-state index in [1.54, 1.807) is 6.20 Å². The molecular weight excluding hydrogens is 172 g/mol. The molecule has 0 saturated carbocycles. The first-order valence-corrected chi connectivity index (χ1v) is 4.55. The minimum Gasteiger partial charge on any atom is -0.324 e. The Hall–Kier alpha value is -0.600. The van der Waals surface area contributed by atoms with Crippen molar-refractivity contribution < 1.29 is 0 Å². The number of rotatable bonds is 0. The molecule has 0 aliphatic heterocycles. The number of aromatic nitrogens is 1. The number of aryl methyl sites for hydroxylation is 1. The molecule has 12 heavy (non-hydrogen) atoms. The standard InChI is InChI=1S/C9H11ClN2/c10-6-4-7-8(11)2-1-3-9(7)12-5-6/h4-5,8H,1-3,11H2. The lowest BCUT2D eigenvalue weighted by atomic mass is 9.92. The van der Waals surface area contributed by atoms with Crippen LogP contribution in [0.2, 0.25) is 5.02 Å². The van der Waals surface area contributed by atoms with Gasteiger partial charge in [0.15, 0.2) is 0 Å². The van der Waals surface area contributed by atoms with E-state index in [0.29, 0.717) is 5.02 Å². The van der Waals surface area contributed by atoms with Crippen LogP contribution in [0.4, 0.5) is 0 Å². The van der Waals surface area contributed by atoms with Crippen molar-refractivity contribution in [2.75, 3.05) is 0 Å². The Labute approximate surface area is 76.7 Å². The molecule has 0 radical (unpaired) electrons. The fraction of sp³-hybridized carbons (Fsp3) is 0.444. The van der Waals surface area contributed by atoms with Crippen LogP contribution >= 0.6 is 11.6 Å². The predicted octanol–water partition coefficient (Wildman–Crippen LogP) is 2.07. The van der Waals surface area contributed by atoms with Crippen molar-refractivity contribution in [2.24, 2.45) is 5.73 Å². The summed E-state index contributed by atoms with van der Waals surface area (Å²) in [7, 11) is 0. The molecule has 1 unspecified atom stereocenters. The highest BCUT2D eigenvalue weighted by molar-refractivity contribution is 6.30. The fourth-order valence-corrected chi connectivity index (χ4v) is 1.82. The third kappa shape index (κ3) is 1.32. The van der Waals surface area contributed by atoms with Gasteiger partial charge in [0.25, 0.3) is 0 Å². The first-order valence-electron chi connectivity index (χ1n) is 4.17. The van der Waals surface area contributed by atoms with Gasteiger partial charge in [0.2, 0.25) is 0 Å². The maximum Gasteiger partial charge on any atom is 0.0592 e. The van der Waals surface area contributed by atoms with Crippen LogP contribution in [0.5, 0.6) is 0 Å². The molecule has 1 atom stereocenters. The molecule has 0 amide bonds. The Balaban J connectivity index is 2.47. The van der Waals surface area contributed by atoms with Crippen LogP contribution in [0, 0.1) is 0 Å². The van der Waals surface area contributed by atoms with E-state index < -0.39 is 0 Å². The van der Waals surface area contributed by atoms with Gasteiger partial charge in [-0.25, -0.2) is 0 Å². The minimum atomic E-state index is 0.139. The topological polar surface area (TPSA) is 38.9 Å². The molecule has 0 fully saturated rings. The van der Waals surface area contributed by atoms with Crippen LogP contribution < -0.4 is 5.73 Å². The molecule has 0 spiro atoms. The third-order valence-corrected chi connectivity index (χ3v) is 2.51. The lowest BCUT2D eigenvalue weighted by molar-refractivity contribution is 0.560. The quantitative estimate of drug-likeness (QED) is 0.667. The van der Waals surface area contributed by atoms with Crippen LogP contribution in [0.3, 0.4) is 0 Å². The first kappa shape index (κ1) is 8.02. The first-order chi connectivity index (χ1) is 5.77. The molecule has 1 aromatic heterocycles. The van der Waals surface area contributed by atoms with E-state index in [4.69, 9.17) is 17.3 Å². The molecule has 1 aliphatic carbocycles. The smallest absolute Gasteiger partial charge is 0.0592 e. The number of halogens is 1. The predicted molar refractivity (Wildman–Crippen MR) is 49.1 cm³/mol. The van der Waals surface area contributed by atoms with Gasteiger partial charge in [-0.1, -0.05) is 11.6 Å². The molecule has 1 aliphatic rings. The van der Waals surface area contributed by atoms with Gasteiger partial charge in [-0.2, -0.15) is 0 Å². The Morgan fingerprint density at radius 2 is 2.42 bits per heavy atom.